The third-order valence-corrected chi connectivity index (χ3v) is 7.07. The molecule has 0 fully saturated rings. The predicted molar refractivity (Wildman–Crippen MR) is 126 cm³/mol. The molecule has 1 aliphatic carbocycles. The maximum atomic E-state index is 13.6. The van der Waals surface area contributed by atoms with Crippen molar-refractivity contribution in [1.29, 1.82) is 0 Å². The van der Waals surface area contributed by atoms with Crippen molar-refractivity contribution in [2.24, 2.45) is 4.99 Å². The Morgan fingerprint density at radius 2 is 1.58 bits per heavy atom. The monoisotopic (exact) mass is 420 g/mol. The topological polar surface area (TPSA) is 34.4 Å². The van der Waals surface area contributed by atoms with Gasteiger partial charge in [-0.1, -0.05) is 96.3 Å². The predicted octanol–water partition coefficient (Wildman–Crippen LogP) is 4.32. The summed E-state index contributed by atoms with van der Waals surface area (Å²) >= 11 is 1.48. The van der Waals surface area contributed by atoms with Gasteiger partial charge in [-0.25, -0.2) is 4.99 Å². The second-order valence-corrected chi connectivity index (χ2v) is 8.94. The van der Waals surface area contributed by atoms with E-state index in [1.807, 2.05) is 59.2 Å². The standard InChI is InChI=1S/C27H20N2OS/c30-26-23(17-18-9-3-1-4-10-18)31-27-28-24-21-14-8-7-11-19(21)15-16-22(24)25(29(26)27)20-12-5-2-6-13-20/h1-14,17,25H,15-16H2/b23-17-/t25-/m0/s1. The number of nitrogens with zero attached hydrogens (tertiary/aromatic N) is 2. The van der Waals surface area contributed by atoms with Crippen molar-refractivity contribution in [1.82, 2.24) is 4.57 Å². The summed E-state index contributed by atoms with van der Waals surface area (Å²) in [5.41, 5.74) is 7.01. The van der Waals surface area contributed by atoms with Crippen molar-refractivity contribution in [3.8, 4) is 0 Å². The first kappa shape index (κ1) is 18.3. The normalized spacial score (nSPS) is 17.5. The number of aromatic nitrogens is 1. The Bertz CT molecular complexity index is 1490. The Morgan fingerprint density at radius 1 is 0.871 bits per heavy atom. The van der Waals surface area contributed by atoms with Crippen molar-refractivity contribution in [2.75, 3.05) is 0 Å². The zero-order valence-corrected chi connectivity index (χ0v) is 17.7. The summed E-state index contributed by atoms with van der Waals surface area (Å²) in [4.78, 5) is 19.4. The molecule has 0 radical (unpaired) electrons. The highest BCUT2D eigenvalue weighted by Crippen LogP contribution is 2.41. The Kier molecular flexibility index (Phi) is 4.32. The van der Waals surface area contributed by atoms with Crippen LogP contribution < -0.4 is 14.9 Å². The van der Waals surface area contributed by atoms with E-state index >= 15 is 0 Å². The van der Waals surface area contributed by atoms with Crippen LogP contribution in [-0.4, -0.2) is 4.57 Å². The molecule has 1 aromatic heterocycles. The lowest BCUT2D eigenvalue weighted by molar-refractivity contribution is 0.585. The number of thiazole rings is 1. The summed E-state index contributed by atoms with van der Waals surface area (Å²) in [5, 5.41) is 0. The summed E-state index contributed by atoms with van der Waals surface area (Å²) in [6.07, 6.45) is 3.86. The van der Waals surface area contributed by atoms with E-state index in [1.54, 1.807) is 0 Å². The SMILES string of the molecule is O=c1/c(=C/c2ccccc2)sc2n1[C@@H](c1ccccc1)C1=C(N=2)c2ccccc2CC1. The molecule has 4 heteroatoms. The molecule has 1 aliphatic heterocycles. The maximum Gasteiger partial charge on any atom is 0.271 e. The maximum absolute atomic E-state index is 13.6. The fraction of sp³-hybridized carbons (Fsp3) is 0.111. The largest absolute Gasteiger partial charge is 0.272 e. The molecule has 6 rings (SSSR count). The third-order valence-electron chi connectivity index (χ3n) is 6.09. The second kappa shape index (κ2) is 7.33. The number of benzene rings is 3. The smallest absolute Gasteiger partial charge is 0.271 e. The minimum atomic E-state index is -0.112. The van der Waals surface area contributed by atoms with Gasteiger partial charge in [0, 0.05) is 5.56 Å². The lowest BCUT2D eigenvalue weighted by Gasteiger charge is -2.30. The third kappa shape index (κ3) is 3.03. The molecule has 31 heavy (non-hydrogen) atoms. The number of hydrogen-bond donors (Lipinski definition) is 0. The van der Waals surface area contributed by atoms with Gasteiger partial charge < -0.3 is 0 Å². The van der Waals surface area contributed by atoms with Crippen LogP contribution in [0.15, 0.2) is 100 Å². The van der Waals surface area contributed by atoms with Gasteiger partial charge in [-0.3, -0.25) is 9.36 Å². The number of hydrogen-bond acceptors (Lipinski definition) is 3. The van der Waals surface area contributed by atoms with E-state index in [0.717, 1.165) is 39.0 Å². The highest BCUT2D eigenvalue weighted by atomic mass is 32.1. The molecule has 2 heterocycles. The van der Waals surface area contributed by atoms with Crippen LogP contribution in [0.2, 0.25) is 0 Å². The van der Waals surface area contributed by atoms with Crippen molar-refractivity contribution >= 4 is 23.1 Å². The summed E-state index contributed by atoms with van der Waals surface area (Å²) in [6, 6.07) is 28.8. The molecule has 3 nitrogen and oxygen atoms in total. The van der Waals surface area contributed by atoms with Crippen LogP contribution in [0.5, 0.6) is 0 Å². The zero-order chi connectivity index (χ0) is 20.8. The molecule has 3 aromatic carbocycles. The van der Waals surface area contributed by atoms with Crippen LogP contribution >= 0.6 is 11.3 Å². The van der Waals surface area contributed by atoms with Gasteiger partial charge >= 0.3 is 0 Å². The highest BCUT2D eigenvalue weighted by Gasteiger charge is 2.32. The number of fused-ring (bicyclic) bond motifs is 3. The van der Waals surface area contributed by atoms with Crippen molar-refractivity contribution in [3.05, 3.63) is 132 Å². The van der Waals surface area contributed by atoms with E-state index in [1.165, 1.54) is 28.0 Å². The minimum absolute atomic E-state index is 0.0341. The average Bonchev–Trinajstić information content (AvgIpc) is 3.13. The van der Waals surface area contributed by atoms with E-state index < -0.39 is 0 Å². The highest BCUT2D eigenvalue weighted by molar-refractivity contribution is 7.07. The van der Waals surface area contributed by atoms with Crippen molar-refractivity contribution in [3.63, 3.8) is 0 Å². The number of allylic oxidation sites excluding steroid dienone is 1. The Labute approximate surface area is 184 Å². The van der Waals surface area contributed by atoms with Gasteiger partial charge in [0.2, 0.25) is 0 Å². The van der Waals surface area contributed by atoms with Gasteiger partial charge in [-0.05, 0) is 41.2 Å². The minimum Gasteiger partial charge on any atom is -0.272 e. The molecule has 1 atom stereocenters. The Balaban J connectivity index is 1.65. The fourth-order valence-corrected chi connectivity index (χ4v) is 5.66. The lowest BCUT2D eigenvalue weighted by Crippen LogP contribution is -2.38. The molecule has 0 N–H and O–H groups in total. The molecule has 0 saturated carbocycles. The fourth-order valence-electron chi connectivity index (χ4n) is 4.66. The molecule has 0 amide bonds. The van der Waals surface area contributed by atoms with Crippen LogP contribution in [0.3, 0.4) is 0 Å². The lowest BCUT2D eigenvalue weighted by atomic mass is 9.83. The van der Waals surface area contributed by atoms with E-state index in [-0.39, 0.29) is 11.6 Å². The quantitative estimate of drug-likeness (QED) is 0.476. The van der Waals surface area contributed by atoms with Gasteiger partial charge in [0.25, 0.3) is 5.56 Å². The first-order chi connectivity index (χ1) is 15.3. The zero-order valence-electron chi connectivity index (χ0n) is 16.9. The first-order valence-electron chi connectivity index (χ1n) is 10.5. The molecule has 4 aromatic rings. The van der Waals surface area contributed by atoms with Gasteiger partial charge in [0.15, 0.2) is 4.80 Å². The van der Waals surface area contributed by atoms with Crippen molar-refractivity contribution < 1.29 is 0 Å². The Hall–Kier alpha value is -3.50. The van der Waals surface area contributed by atoms with Crippen LogP contribution in [0.1, 0.15) is 34.7 Å². The number of aryl methyl sites for hydroxylation is 1. The second-order valence-electron chi connectivity index (χ2n) is 7.94. The van der Waals surface area contributed by atoms with E-state index in [4.69, 9.17) is 4.99 Å². The van der Waals surface area contributed by atoms with Gasteiger partial charge in [-0.2, -0.15) is 0 Å². The van der Waals surface area contributed by atoms with Gasteiger partial charge in [-0.15, -0.1) is 0 Å². The van der Waals surface area contributed by atoms with Crippen LogP contribution in [0, 0.1) is 0 Å². The van der Waals surface area contributed by atoms with E-state index in [2.05, 4.69) is 36.4 Å². The summed E-state index contributed by atoms with van der Waals surface area (Å²) in [6.45, 7) is 0. The van der Waals surface area contributed by atoms with Crippen LogP contribution in [0.4, 0.5) is 0 Å². The summed E-state index contributed by atoms with van der Waals surface area (Å²) < 4.78 is 2.63. The van der Waals surface area contributed by atoms with Crippen LogP contribution in [-0.2, 0) is 6.42 Å². The molecular formula is C27H20N2OS. The molecule has 0 saturated heterocycles. The Morgan fingerprint density at radius 3 is 2.39 bits per heavy atom. The average molecular weight is 421 g/mol. The summed E-state index contributed by atoms with van der Waals surface area (Å²) in [5.74, 6) is 0. The molecular weight excluding hydrogens is 400 g/mol. The molecule has 0 spiro atoms. The van der Waals surface area contributed by atoms with Crippen LogP contribution in [0.25, 0.3) is 11.8 Å². The molecule has 0 unspecified atom stereocenters. The van der Waals surface area contributed by atoms with E-state index in [0.29, 0.717) is 0 Å². The number of rotatable bonds is 2. The summed E-state index contributed by atoms with van der Waals surface area (Å²) in [7, 11) is 0. The molecule has 2 aliphatic rings. The molecule has 0 bridgehead atoms. The van der Waals surface area contributed by atoms with Gasteiger partial charge in [0.1, 0.15) is 0 Å². The van der Waals surface area contributed by atoms with Crippen molar-refractivity contribution in [2.45, 2.75) is 18.9 Å². The van der Waals surface area contributed by atoms with Gasteiger partial charge in [0.05, 0.1) is 16.3 Å². The van der Waals surface area contributed by atoms with E-state index in [9.17, 15) is 4.79 Å². The first-order valence-corrected chi connectivity index (χ1v) is 11.3. The molecule has 150 valence electrons.